The first kappa shape index (κ1) is 27.6. The molecule has 11 heteroatoms. The van der Waals surface area contributed by atoms with E-state index in [1.165, 1.54) is 5.56 Å². The third-order valence-corrected chi connectivity index (χ3v) is 6.60. The smallest absolute Gasteiger partial charge is 0.291 e. The largest absolute Gasteiger partial charge is 0.374 e. The van der Waals surface area contributed by atoms with Crippen molar-refractivity contribution in [3.63, 3.8) is 0 Å². The fourth-order valence-corrected chi connectivity index (χ4v) is 4.96. The van der Waals surface area contributed by atoms with Gasteiger partial charge in [-0.1, -0.05) is 83.9 Å². The maximum atomic E-state index is 8.36. The van der Waals surface area contributed by atoms with E-state index in [9.17, 15) is 0 Å². The minimum absolute atomic E-state index is 0.319. The van der Waals surface area contributed by atoms with Crippen molar-refractivity contribution in [3.8, 4) is 11.1 Å². The fourth-order valence-electron chi connectivity index (χ4n) is 4.41. The minimum Gasteiger partial charge on any atom is -0.374 e. The van der Waals surface area contributed by atoms with Crippen molar-refractivity contribution in [2.75, 3.05) is 13.7 Å². The molecular formula is C27H25Cl2N3O6. The predicted octanol–water partition coefficient (Wildman–Crippen LogP) is 6.17. The molecule has 198 valence electrons. The summed E-state index contributed by atoms with van der Waals surface area (Å²) in [5, 5.41) is 14.7. The number of ether oxygens (including phenoxy) is 3. The molecule has 9 nitrogen and oxygen atoms in total. The number of hydrogen-bond acceptors (Lipinski definition) is 6. The lowest BCUT2D eigenvalue weighted by atomic mass is 9.99. The Hall–Kier alpha value is -3.47. The number of rotatable bonds is 7. The van der Waals surface area contributed by atoms with Crippen LogP contribution in [0.25, 0.3) is 11.1 Å². The van der Waals surface area contributed by atoms with Crippen molar-refractivity contribution < 1.29 is 24.5 Å². The SMILES string of the molecule is COC(c1ccc(-c2ccccc2)cc1)[C@H]1CO[C@@](Cn2ccnc2)(c2ccc(Cl)cc2Cl)O1.O=[N+]([O-])O. The van der Waals surface area contributed by atoms with Gasteiger partial charge in [-0.15, -0.1) is 10.1 Å². The Kier molecular flexibility index (Phi) is 8.98. The van der Waals surface area contributed by atoms with Crippen LogP contribution in [0, 0.1) is 10.1 Å². The van der Waals surface area contributed by atoms with Crippen LogP contribution < -0.4 is 0 Å². The predicted molar refractivity (Wildman–Crippen MR) is 142 cm³/mol. The first-order chi connectivity index (χ1) is 18.3. The van der Waals surface area contributed by atoms with Gasteiger partial charge in [-0.2, -0.15) is 0 Å². The molecule has 0 amide bonds. The molecule has 4 aromatic rings. The molecule has 1 aliphatic rings. The molecule has 5 rings (SSSR count). The summed E-state index contributed by atoms with van der Waals surface area (Å²) in [7, 11) is 1.68. The Morgan fingerprint density at radius 3 is 2.45 bits per heavy atom. The van der Waals surface area contributed by atoms with E-state index in [1.54, 1.807) is 31.8 Å². The minimum atomic E-state index is -1.50. The lowest BCUT2D eigenvalue weighted by Gasteiger charge is -2.31. The summed E-state index contributed by atoms with van der Waals surface area (Å²) in [6.07, 6.45) is 4.64. The molecule has 0 aliphatic carbocycles. The standard InChI is InChI=1S/C27H24Cl2N2O3.HNO3/c1-32-26(21-9-7-20(8-10-21)19-5-3-2-4-6-19)25-16-33-27(34-25,17-31-14-13-30-18-31)23-12-11-22(28)15-24(23)29;2-1(3)4/h2-15,18,25-26H,16-17H2,1H3;(H,2,3,4)/t25-,26?,27-;/m1./s1. The quantitative estimate of drug-likeness (QED) is 0.214. The molecule has 1 fully saturated rings. The Balaban J connectivity index is 0.000000786. The van der Waals surface area contributed by atoms with Crippen LogP contribution in [0.5, 0.6) is 0 Å². The van der Waals surface area contributed by atoms with Crippen molar-refractivity contribution in [3.05, 3.63) is 123 Å². The molecule has 1 saturated heterocycles. The van der Waals surface area contributed by atoms with E-state index >= 15 is 0 Å². The highest BCUT2D eigenvalue weighted by molar-refractivity contribution is 6.35. The second-order valence-corrected chi connectivity index (χ2v) is 9.31. The summed E-state index contributed by atoms with van der Waals surface area (Å²) in [6, 6.07) is 23.9. The van der Waals surface area contributed by atoms with E-state index < -0.39 is 10.9 Å². The first-order valence-electron chi connectivity index (χ1n) is 11.6. The molecule has 1 aliphatic heterocycles. The average molecular weight is 558 g/mol. The summed E-state index contributed by atoms with van der Waals surface area (Å²) >= 11 is 12.7. The number of nitrogens with zero attached hydrogens (tertiary/aromatic N) is 3. The molecule has 2 heterocycles. The lowest BCUT2D eigenvalue weighted by Crippen LogP contribution is -2.34. The molecule has 38 heavy (non-hydrogen) atoms. The maximum Gasteiger partial charge on any atom is 0.291 e. The van der Waals surface area contributed by atoms with Crippen LogP contribution in [0.2, 0.25) is 10.0 Å². The van der Waals surface area contributed by atoms with Crippen molar-refractivity contribution >= 4 is 23.2 Å². The number of aromatic nitrogens is 2. The van der Waals surface area contributed by atoms with Gasteiger partial charge in [0.2, 0.25) is 5.79 Å². The second kappa shape index (κ2) is 12.4. The molecule has 1 N–H and O–H groups in total. The van der Waals surface area contributed by atoms with Crippen LogP contribution in [0.1, 0.15) is 17.2 Å². The van der Waals surface area contributed by atoms with Gasteiger partial charge in [-0.25, -0.2) is 4.98 Å². The Labute approximate surface area is 229 Å². The number of imidazole rings is 1. The van der Waals surface area contributed by atoms with Crippen LogP contribution in [0.3, 0.4) is 0 Å². The Morgan fingerprint density at radius 2 is 1.84 bits per heavy atom. The molecule has 0 spiro atoms. The van der Waals surface area contributed by atoms with Gasteiger partial charge >= 0.3 is 0 Å². The summed E-state index contributed by atoms with van der Waals surface area (Å²) in [6.45, 7) is 0.723. The highest BCUT2D eigenvalue weighted by atomic mass is 35.5. The summed E-state index contributed by atoms with van der Waals surface area (Å²) in [4.78, 5) is 12.5. The van der Waals surface area contributed by atoms with Crippen LogP contribution in [0.4, 0.5) is 0 Å². The van der Waals surface area contributed by atoms with Crippen LogP contribution in [0.15, 0.2) is 91.5 Å². The van der Waals surface area contributed by atoms with E-state index in [1.807, 2.05) is 35.0 Å². The van der Waals surface area contributed by atoms with Gasteiger partial charge in [0, 0.05) is 30.1 Å². The number of methoxy groups -OCH3 is 1. The molecule has 1 unspecified atom stereocenters. The van der Waals surface area contributed by atoms with Gasteiger partial charge in [-0.05, 0) is 28.8 Å². The topological polar surface area (TPSA) is 109 Å². The Morgan fingerprint density at radius 1 is 1.16 bits per heavy atom. The first-order valence-corrected chi connectivity index (χ1v) is 12.3. The van der Waals surface area contributed by atoms with Gasteiger partial charge in [-0.3, -0.25) is 0 Å². The number of benzene rings is 3. The van der Waals surface area contributed by atoms with E-state index in [2.05, 4.69) is 41.4 Å². The molecule has 3 atom stereocenters. The summed E-state index contributed by atoms with van der Waals surface area (Å²) in [5.41, 5.74) is 4.03. The summed E-state index contributed by atoms with van der Waals surface area (Å²) in [5.74, 6) is -1.10. The zero-order chi connectivity index (χ0) is 27.1. The molecule has 1 aromatic heterocycles. The number of hydrogen-bond donors (Lipinski definition) is 1. The van der Waals surface area contributed by atoms with E-state index in [-0.39, 0.29) is 12.2 Å². The highest BCUT2D eigenvalue weighted by Crippen LogP contribution is 2.43. The molecule has 0 radical (unpaired) electrons. The lowest BCUT2D eigenvalue weighted by molar-refractivity contribution is -0.742. The number of halogens is 2. The second-order valence-electron chi connectivity index (χ2n) is 8.46. The monoisotopic (exact) mass is 557 g/mol. The summed E-state index contributed by atoms with van der Waals surface area (Å²) < 4.78 is 20.8. The van der Waals surface area contributed by atoms with Crippen molar-refractivity contribution in [1.82, 2.24) is 9.55 Å². The van der Waals surface area contributed by atoms with E-state index in [4.69, 9.17) is 52.7 Å². The third kappa shape index (κ3) is 6.50. The molecule has 3 aromatic carbocycles. The molecule has 0 saturated carbocycles. The van der Waals surface area contributed by atoms with Gasteiger partial charge in [0.05, 0.1) is 24.5 Å². The van der Waals surface area contributed by atoms with Crippen molar-refractivity contribution in [1.29, 1.82) is 0 Å². The Bertz CT molecular complexity index is 1330. The van der Waals surface area contributed by atoms with Crippen molar-refractivity contribution in [2.45, 2.75) is 24.5 Å². The van der Waals surface area contributed by atoms with Crippen molar-refractivity contribution in [2.24, 2.45) is 0 Å². The molecule has 0 bridgehead atoms. The van der Waals surface area contributed by atoms with Gasteiger partial charge in [0.1, 0.15) is 12.2 Å². The zero-order valence-electron chi connectivity index (χ0n) is 20.3. The fraction of sp³-hybridized carbons (Fsp3) is 0.222. The van der Waals surface area contributed by atoms with E-state index in [0.717, 1.165) is 11.1 Å². The zero-order valence-corrected chi connectivity index (χ0v) is 21.8. The average Bonchev–Trinajstić information content (AvgIpc) is 3.56. The van der Waals surface area contributed by atoms with E-state index in [0.29, 0.717) is 28.8 Å². The van der Waals surface area contributed by atoms with Gasteiger partial charge < -0.3 is 24.0 Å². The van der Waals surface area contributed by atoms with Crippen LogP contribution >= 0.6 is 23.2 Å². The van der Waals surface area contributed by atoms with Crippen LogP contribution in [-0.4, -0.2) is 39.7 Å². The normalized spacial score (nSPS) is 19.4. The molecular weight excluding hydrogens is 533 g/mol. The van der Waals surface area contributed by atoms with Crippen LogP contribution in [-0.2, 0) is 26.5 Å². The maximum absolute atomic E-state index is 8.36. The third-order valence-electron chi connectivity index (χ3n) is 6.05. The van der Waals surface area contributed by atoms with Gasteiger partial charge in [0.25, 0.3) is 5.09 Å². The van der Waals surface area contributed by atoms with Gasteiger partial charge in [0.15, 0.2) is 0 Å². The highest BCUT2D eigenvalue weighted by Gasteiger charge is 2.47.